The van der Waals surface area contributed by atoms with Crippen LogP contribution in [0.15, 0.2) is 41.4 Å². The van der Waals surface area contributed by atoms with E-state index in [1.165, 1.54) is 18.2 Å². The number of amides is 2. The molecular formula is C18H19FN4O3. The second kappa shape index (κ2) is 7.90. The molecule has 1 fully saturated rings. The summed E-state index contributed by atoms with van der Waals surface area (Å²) in [7, 11) is 0. The van der Waals surface area contributed by atoms with E-state index in [0.29, 0.717) is 36.5 Å². The van der Waals surface area contributed by atoms with E-state index in [1.54, 1.807) is 12.1 Å². The summed E-state index contributed by atoms with van der Waals surface area (Å²) in [6.45, 7) is 3.40. The zero-order valence-electron chi connectivity index (χ0n) is 14.1. The monoisotopic (exact) mass is 358 g/mol. The average molecular weight is 358 g/mol. The highest BCUT2D eigenvalue weighted by Gasteiger charge is 2.30. The number of nitrogens with one attached hydrogen (secondary N) is 2. The Morgan fingerprint density at radius 3 is 2.62 bits per heavy atom. The van der Waals surface area contributed by atoms with Crippen molar-refractivity contribution in [3.05, 3.63) is 48.6 Å². The van der Waals surface area contributed by atoms with Crippen molar-refractivity contribution in [1.82, 2.24) is 20.8 Å². The Hall–Kier alpha value is -3.03. The number of carbonyl (C=O) groups is 2. The zero-order valence-corrected chi connectivity index (χ0v) is 14.1. The molecule has 2 amide bonds. The smallest absolute Gasteiger partial charge is 0.243 e. The van der Waals surface area contributed by atoms with Gasteiger partial charge in [-0.2, -0.15) is 4.98 Å². The fourth-order valence-electron chi connectivity index (χ4n) is 2.71. The lowest BCUT2D eigenvalue weighted by Gasteiger charge is -2.36. The molecule has 0 atom stereocenters. The molecule has 0 spiro atoms. The van der Waals surface area contributed by atoms with Gasteiger partial charge < -0.3 is 15.2 Å². The lowest BCUT2D eigenvalue weighted by atomic mass is 9.86. The van der Waals surface area contributed by atoms with Crippen molar-refractivity contribution in [2.75, 3.05) is 0 Å². The zero-order chi connectivity index (χ0) is 18.5. The van der Waals surface area contributed by atoms with Crippen LogP contribution in [0.3, 0.4) is 0 Å². The molecule has 0 bridgehead atoms. The lowest BCUT2D eigenvalue weighted by Crippen LogP contribution is -2.53. The molecule has 3 rings (SSSR count). The quantitative estimate of drug-likeness (QED) is 0.735. The molecule has 8 heteroatoms. The van der Waals surface area contributed by atoms with Crippen molar-refractivity contribution in [1.29, 1.82) is 0 Å². The largest absolute Gasteiger partial charge is 0.353 e. The Labute approximate surface area is 149 Å². The van der Waals surface area contributed by atoms with Crippen LogP contribution in [0, 0.1) is 5.82 Å². The number of benzene rings is 1. The van der Waals surface area contributed by atoms with E-state index in [4.69, 9.17) is 4.52 Å². The molecule has 2 aromatic rings. The molecule has 1 aromatic carbocycles. The van der Waals surface area contributed by atoms with E-state index in [2.05, 4.69) is 27.4 Å². The molecule has 2 N–H and O–H groups in total. The first kappa shape index (κ1) is 17.8. The Morgan fingerprint density at radius 1 is 1.23 bits per heavy atom. The first-order valence-corrected chi connectivity index (χ1v) is 8.34. The SMILES string of the molecule is C=CC(=O)NC1CC(NC(=O)CCc2nc(-c3ccc(F)cc3)no2)C1. The maximum Gasteiger partial charge on any atom is 0.243 e. The molecule has 1 aliphatic carbocycles. The van der Waals surface area contributed by atoms with Crippen molar-refractivity contribution in [3.8, 4) is 11.4 Å². The van der Waals surface area contributed by atoms with Gasteiger partial charge in [0, 0.05) is 30.5 Å². The summed E-state index contributed by atoms with van der Waals surface area (Å²) in [5.41, 5.74) is 0.646. The predicted octanol–water partition coefficient (Wildman–Crippen LogP) is 1.76. The number of halogens is 1. The molecule has 1 aliphatic rings. The minimum Gasteiger partial charge on any atom is -0.353 e. The van der Waals surface area contributed by atoms with E-state index in [0.717, 1.165) is 0 Å². The summed E-state index contributed by atoms with van der Waals surface area (Å²) >= 11 is 0. The standard InChI is InChI=1S/C18H19FN4O3/c1-2-15(24)20-13-9-14(10-13)21-16(25)7-8-17-22-18(23-26-17)11-3-5-12(19)6-4-11/h2-6,13-14H,1,7-10H2,(H,20,24)(H,21,25). The molecule has 1 heterocycles. The summed E-state index contributed by atoms with van der Waals surface area (Å²) in [5.74, 6) is 0.0685. The summed E-state index contributed by atoms with van der Waals surface area (Å²) in [5, 5.41) is 9.53. The second-order valence-corrected chi connectivity index (χ2v) is 6.16. The average Bonchev–Trinajstić information content (AvgIpc) is 3.07. The van der Waals surface area contributed by atoms with Crippen molar-refractivity contribution < 1.29 is 18.5 Å². The number of hydrogen-bond donors (Lipinski definition) is 2. The lowest BCUT2D eigenvalue weighted by molar-refractivity contribution is -0.122. The second-order valence-electron chi connectivity index (χ2n) is 6.16. The molecule has 0 radical (unpaired) electrons. The Morgan fingerprint density at radius 2 is 1.92 bits per heavy atom. The molecule has 136 valence electrons. The van der Waals surface area contributed by atoms with Gasteiger partial charge >= 0.3 is 0 Å². The van der Waals surface area contributed by atoms with Crippen LogP contribution in [-0.4, -0.2) is 34.0 Å². The molecule has 7 nitrogen and oxygen atoms in total. The number of nitrogens with zero attached hydrogens (tertiary/aromatic N) is 2. The van der Waals surface area contributed by atoms with Crippen LogP contribution in [0.4, 0.5) is 4.39 Å². The van der Waals surface area contributed by atoms with Crippen LogP contribution in [0.2, 0.25) is 0 Å². The number of hydrogen-bond acceptors (Lipinski definition) is 5. The van der Waals surface area contributed by atoms with E-state index in [-0.39, 0.29) is 36.1 Å². The molecule has 0 unspecified atom stereocenters. The molecular weight excluding hydrogens is 339 g/mol. The summed E-state index contributed by atoms with van der Waals surface area (Å²) in [4.78, 5) is 27.4. The van der Waals surface area contributed by atoms with Gasteiger partial charge in [-0.25, -0.2) is 4.39 Å². The van der Waals surface area contributed by atoms with Crippen molar-refractivity contribution in [2.24, 2.45) is 0 Å². The van der Waals surface area contributed by atoms with E-state index >= 15 is 0 Å². The Balaban J connectivity index is 1.41. The van der Waals surface area contributed by atoms with Gasteiger partial charge in [-0.3, -0.25) is 9.59 Å². The van der Waals surface area contributed by atoms with E-state index < -0.39 is 0 Å². The van der Waals surface area contributed by atoms with Gasteiger partial charge in [0.2, 0.25) is 23.5 Å². The van der Waals surface area contributed by atoms with Gasteiger partial charge in [0.05, 0.1) is 0 Å². The molecule has 0 saturated heterocycles. The van der Waals surface area contributed by atoms with Crippen molar-refractivity contribution in [3.63, 3.8) is 0 Å². The van der Waals surface area contributed by atoms with Gasteiger partial charge in [-0.1, -0.05) is 11.7 Å². The van der Waals surface area contributed by atoms with Crippen LogP contribution < -0.4 is 10.6 Å². The summed E-state index contributed by atoms with van der Waals surface area (Å²) in [6, 6.07) is 5.92. The third-order valence-electron chi connectivity index (χ3n) is 4.17. The van der Waals surface area contributed by atoms with Gasteiger partial charge in [0.1, 0.15) is 5.82 Å². The van der Waals surface area contributed by atoms with Crippen molar-refractivity contribution >= 4 is 11.8 Å². The third-order valence-corrected chi connectivity index (χ3v) is 4.17. The maximum absolute atomic E-state index is 12.9. The third kappa shape index (κ3) is 4.53. The van der Waals surface area contributed by atoms with E-state index in [1.807, 2.05) is 0 Å². The maximum atomic E-state index is 12.9. The van der Waals surface area contributed by atoms with Gasteiger partial charge in [0.25, 0.3) is 0 Å². The normalized spacial score (nSPS) is 18.7. The van der Waals surface area contributed by atoms with E-state index in [9.17, 15) is 14.0 Å². The Kier molecular flexibility index (Phi) is 5.40. The molecule has 26 heavy (non-hydrogen) atoms. The first-order valence-electron chi connectivity index (χ1n) is 8.34. The molecule has 1 saturated carbocycles. The highest BCUT2D eigenvalue weighted by Crippen LogP contribution is 2.20. The van der Waals surface area contributed by atoms with Crippen LogP contribution in [-0.2, 0) is 16.0 Å². The predicted molar refractivity (Wildman–Crippen MR) is 91.3 cm³/mol. The highest BCUT2D eigenvalue weighted by atomic mass is 19.1. The van der Waals surface area contributed by atoms with Crippen LogP contribution in [0.5, 0.6) is 0 Å². The van der Waals surface area contributed by atoms with Gasteiger partial charge in [-0.15, -0.1) is 0 Å². The minimum absolute atomic E-state index is 0.0649. The fourth-order valence-corrected chi connectivity index (χ4v) is 2.71. The van der Waals surface area contributed by atoms with Crippen LogP contribution in [0.1, 0.15) is 25.2 Å². The Bertz CT molecular complexity index is 797. The number of carbonyl (C=O) groups excluding carboxylic acids is 2. The number of aryl methyl sites for hydroxylation is 1. The fraction of sp³-hybridized carbons (Fsp3) is 0.333. The highest BCUT2D eigenvalue weighted by molar-refractivity contribution is 5.87. The summed E-state index contributed by atoms with van der Waals surface area (Å²) < 4.78 is 18.1. The molecule has 1 aromatic heterocycles. The van der Waals surface area contributed by atoms with Crippen LogP contribution >= 0.6 is 0 Å². The van der Waals surface area contributed by atoms with Gasteiger partial charge in [-0.05, 0) is 43.2 Å². The van der Waals surface area contributed by atoms with Crippen LogP contribution in [0.25, 0.3) is 11.4 Å². The number of rotatable bonds is 7. The first-order chi connectivity index (χ1) is 12.5. The molecule has 0 aliphatic heterocycles. The minimum atomic E-state index is -0.337. The van der Waals surface area contributed by atoms with Crippen molar-refractivity contribution in [2.45, 2.75) is 37.8 Å². The topological polar surface area (TPSA) is 97.1 Å². The number of aromatic nitrogens is 2. The summed E-state index contributed by atoms with van der Waals surface area (Å²) in [6.07, 6.45) is 3.20. The van der Waals surface area contributed by atoms with Gasteiger partial charge in [0.15, 0.2) is 0 Å².